The number of anilines is 3. The van der Waals surface area contributed by atoms with Gasteiger partial charge in [0, 0.05) is 35.0 Å². The summed E-state index contributed by atoms with van der Waals surface area (Å²) in [5.74, 6) is 1.33. The van der Waals surface area contributed by atoms with E-state index in [1.165, 1.54) is 5.56 Å². The highest BCUT2D eigenvalue weighted by molar-refractivity contribution is 9.10. The molecule has 0 spiro atoms. The van der Waals surface area contributed by atoms with Crippen LogP contribution in [0.15, 0.2) is 53.3 Å². The van der Waals surface area contributed by atoms with Gasteiger partial charge in [-0.2, -0.15) is 4.98 Å². The molecule has 0 aliphatic rings. The Balaban J connectivity index is 1.99. The third kappa shape index (κ3) is 3.89. The first-order valence-electron chi connectivity index (χ1n) is 7.72. The zero-order valence-electron chi connectivity index (χ0n) is 13.5. The third-order valence-corrected chi connectivity index (χ3v) is 4.08. The molecule has 0 aliphatic heterocycles. The molecular formula is C18H18BrN5. The van der Waals surface area contributed by atoms with Crippen molar-refractivity contribution in [1.29, 1.82) is 0 Å². The number of benzene rings is 1. The molecule has 0 radical (unpaired) electrons. The largest absolute Gasteiger partial charge is 0.354 e. The lowest BCUT2D eigenvalue weighted by Gasteiger charge is -2.12. The summed E-state index contributed by atoms with van der Waals surface area (Å²) in [6, 6.07) is 12.0. The van der Waals surface area contributed by atoms with E-state index in [9.17, 15) is 0 Å². The van der Waals surface area contributed by atoms with Crippen LogP contribution in [0.2, 0.25) is 0 Å². The van der Waals surface area contributed by atoms with E-state index in [1.54, 1.807) is 12.4 Å². The van der Waals surface area contributed by atoms with Gasteiger partial charge in [0.1, 0.15) is 5.82 Å². The topological polar surface area (TPSA) is 62.7 Å². The average Bonchev–Trinajstić information content (AvgIpc) is 2.58. The second-order valence-corrected chi connectivity index (χ2v) is 6.19. The molecule has 3 aromatic rings. The quantitative estimate of drug-likeness (QED) is 0.663. The molecule has 2 aromatic heterocycles. The lowest BCUT2D eigenvalue weighted by molar-refractivity contribution is 1.09. The molecule has 0 fully saturated rings. The smallest absolute Gasteiger partial charge is 0.225 e. The van der Waals surface area contributed by atoms with Crippen molar-refractivity contribution in [3.63, 3.8) is 0 Å². The van der Waals surface area contributed by atoms with E-state index in [0.29, 0.717) is 5.95 Å². The number of aromatic nitrogens is 3. The number of rotatable bonds is 5. The number of pyridine rings is 1. The molecule has 0 amide bonds. The van der Waals surface area contributed by atoms with Gasteiger partial charge in [-0.1, -0.05) is 6.07 Å². The standard InChI is InChI=1S/C18H18BrN5/c1-3-21-18-23-16(13-6-8-20-9-7-13)11-17(24-18)22-15-5-4-12(2)10-14(15)19/h4-11H,3H2,1-2H3,(H2,21,22,23,24). The van der Waals surface area contributed by atoms with Crippen molar-refractivity contribution < 1.29 is 0 Å². The summed E-state index contributed by atoms with van der Waals surface area (Å²) in [6.07, 6.45) is 3.52. The Morgan fingerprint density at radius 3 is 2.54 bits per heavy atom. The molecule has 0 saturated carbocycles. The van der Waals surface area contributed by atoms with Gasteiger partial charge in [-0.15, -0.1) is 0 Å². The first kappa shape index (κ1) is 16.4. The fourth-order valence-electron chi connectivity index (χ4n) is 2.28. The minimum Gasteiger partial charge on any atom is -0.354 e. The van der Waals surface area contributed by atoms with Crippen LogP contribution in [0, 0.1) is 6.92 Å². The Morgan fingerprint density at radius 2 is 1.83 bits per heavy atom. The predicted octanol–water partition coefficient (Wildman–Crippen LogP) is 4.78. The zero-order valence-corrected chi connectivity index (χ0v) is 15.1. The molecule has 5 nitrogen and oxygen atoms in total. The summed E-state index contributed by atoms with van der Waals surface area (Å²) < 4.78 is 0.997. The Hall–Kier alpha value is -2.47. The summed E-state index contributed by atoms with van der Waals surface area (Å²) in [7, 11) is 0. The number of hydrogen-bond acceptors (Lipinski definition) is 5. The van der Waals surface area contributed by atoms with E-state index in [4.69, 9.17) is 0 Å². The number of aryl methyl sites for hydroxylation is 1. The van der Waals surface area contributed by atoms with E-state index in [1.807, 2.05) is 31.2 Å². The maximum atomic E-state index is 4.57. The van der Waals surface area contributed by atoms with Gasteiger partial charge in [-0.25, -0.2) is 4.98 Å². The maximum Gasteiger partial charge on any atom is 0.225 e. The number of nitrogens with zero attached hydrogens (tertiary/aromatic N) is 3. The van der Waals surface area contributed by atoms with Crippen molar-refractivity contribution in [2.24, 2.45) is 0 Å². The first-order chi connectivity index (χ1) is 11.7. The van der Waals surface area contributed by atoms with Gasteiger partial charge in [-0.3, -0.25) is 4.98 Å². The van der Waals surface area contributed by atoms with Gasteiger partial charge in [-0.05, 0) is 59.6 Å². The number of nitrogens with one attached hydrogen (secondary N) is 2. The molecule has 0 unspecified atom stereocenters. The molecule has 1 aromatic carbocycles. The van der Waals surface area contributed by atoms with Gasteiger partial charge >= 0.3 is 0 Å². The molecule has 122 valence electrons. The minimum absolute atomic E-state index is 0.595. The summed E-state index contributed by atoms with van der Waals surface area (Å²) in [5.41, 5.74) is 4.00. The van der Waals surface area contributed by atoms with Crippen molar-refractivity contribution in [3.8, 4) is 11.3 Å². The molecule has 2 heterocycles. The van der Waals surface area contributed by atoms with E-state index in [0.717, 1.165) is 33.8 Å². The van der Waals surface area contributed by atoms with Crippen LogP contribution >= 0.6 is 15.9 Å². The predicted molar refractivity (Wildman–Crippen MR) is 102 cm³/mol. The van der Waals surface area contributed by atoms with Gasteiger partial charge in [0.25, 0.3) is 0 Å². The molecule has 6 heteroatoms. The molecule has 0 aliphatic carbocycles. The van der Waals surface area contributed by atoms with Crippen molar-refractivity contribution in [2.75, 3.05) is 17.2 Å². The summed E-state index contributed by atoms with van der Waals surface area (Å²) >= 11 is 3.59. The molecule has 0 atom stereocenters. The molecule has 0 bridgehead atoms. The van der Waals surface area contributed by atoms with Gasteiger partial charge in [0.2, 0.25) is 5.95 Å². The number of hydrogen-bond donors (Lipinski definition) is 2. The number of halogens is 1. The minimum atomic E-state index is 0.595. The monoisotopic (exact) mass is 383 g/mol. The van der Waals surface area contributed by atoms with Crippen molar-refractivity contribution in [3.05, 3.63) is 58.8 Å². The Bertz CT molecular complexity index is 836. The van der Waals surface area contributed by atoms with Gasteiger partial charge in [0.05, 0.1) is 11.4 Å². The first-order valence-corrected chi connectivity index (χ1v) is 8.51. The Kier molecular flexibility index (Phi) is 5.05. The highest BCUT2D eigenvalue weighted by atomic mass is 79.9. The van der Waals surface area contributed by atoms with Gasteiger partial charge < -0.3 is 10.6 Å². The normalized spacial score (nSPS) is 10.5. The highest BCUT2D eigenvalue weighted by Crippen LogP contribution is 2.28. The zero-order chi connectivity index (χ0) is 16.9. The van der Waals surface area contributed by atoms with Crippen molar-refractivity contribution in [2.45, 2.75) is 13.8 Å². The van der Waals surface area contributed by atoms with Crippen LogP contribution in [0.5, 0.6) is 0 Å². The molecular weight excluding hydrogens is 366 g/mol. The summed E-state index contributed by atoms with van der Waals surface area (Å²) in [6.45, 7) is 4.84. The molecule has 2 N–H and O–H groups in total. The lowest BCUT2D eigenvalue weighted by Crippen LogP contribution is -2.05. The van der Waals surface area contributed by atoms with Crippen molar-refractivity contribution >= 4 is 33.4 Å². The Labute approximate surface area is 149 Å². The Morgan fingerprint density at radius 1 is 1.04 bits per heavy atom. The third-order valence-electron chi connectivity index (χ3n) is 3.42. The van der Waals surface area contributed by atoms with Crippen LogP contribution in [-0.2, 0) is 0 Å². The van der Waals surface area contributed by atoms with Crippen LogP contribution in [0.1, 0.15) is 12.5 Å². The maximum absolute atomic E-state index is 4.57. The fourth-order valence-corrected chi connectivity index (χ4v) is 2.87. The highest BCUT2D eigenvalue weighted by Gasteiger charge is 2.08. The van der Waals surface area contributed by atoms with E-state index >= 15 is 0 Å². The lowest BCUT2D eigenvalue weighted by atomic mass is 10.2. The van der Waals surface area contributed by atoms with E-state index in [2.05, 4.69) is 60.6 Å². The van der Waals surface area contributed by atoms with Crippen LogP contribution in [0.3, 0.4) is 0 Å². The summed E-state index contributed by atoms with van der Waals surface area (Å²) in [5, 5.41) is 6.53. The average molecular weight is 384 g/mol. The van der Waals surface area contributed by atoms with E-state index in [-0.39, 0.29) is 0 Å². The summed E-state index contributed by atoms with van der Waals surface area (Å²) in [4.78, 5) is 13.2. The molecule has 0 saturated heterocycles. The van der Waals surface area contributed by atoms with Crippen LogP contribution < -0.4 is 10.6 Å². The SMILES string of the molecule is CCNc1nc(Nc2ccc(C)cc2Br)cc(-c2ccncc2)n1. The second-order valence-electron chi connectivity index (χ2n) is 5.34. The van der Waals surface area contributed by atoms with Gasteiger partial charge in [0.15, 0.2) is 0 Å². The molecule has 24 heavy (non-hydrogen) atoms. The van der Waals surface area contributed by atoms with Crippen LogP contribution in [0.4, 0.5) is 17.5 Å². The fraction of sp³-hybridized carbons (Fsp3) is 0.167. The van der Waals surface area contributed by atoms with Crippen LogP contribution in [0.25, 0.3) is 11.3 Å². The van der Waals surface area contributed by atoms with E-state index < -0.39 is 0 Å². The second kappa shape index (κ2) is 7.40. The van der Waals surface area contributed by atoms with Crippen molar-refractivity contribution in [1.82, 2.24) is 15.0 Å². The molecule has 3 rings (SSSR count). The van der Waals surface area contributed by atoms with Crippen LogP contribution in [-0.4, -0.2) is 21.5 Å².